The van der Waals surface area contributed by atoms with Gasteiger partial charge in [0.05, 0.1) is 18.2 Å². The van der Waals surface area contributed by atoms with Crippen molar-refractivity contribution in [1.29, 1.82) is 0 Å². The molecule has 3 aromatic rings. The van der Waals surface area contributed by atoms with Crippen LogP contribution in [0.25, 0.3) is 11.1 Å². The van der Waals surface area contributed by atoms with Crippen molar-refractivity contribution in [3.63, 3.8) is 0 Å². The maximum atomic E-state index is 13.2. The van der Waals surface area contributed by atoms with Crippen LogP contribution in [-0.2, 0) is 6.61 Å². The van der Waals surface area contributed by atoms with Crippen LogP contribution < -0.4 is 9.47 Å². The smallest absolute Gasteiger partial charge is 0.261 e. The molecule has 1 saturated carbocycles. The van der Waals surface area contributed by atoms with E-state index in [1.54, 1.807) is 12.1 Å². The highest BCUT2D eigenvalue weighted by Gasteiger charge is 2.29. The normalized spacial score (nSPS) is 14.2. The molecule has 5 nitrogen and oxygen atoms in total. The fourth-order valence-corrected chi connectivity index (χ4v) is 2.55. The lowest BCUT2D eigenvalue weighted by molar-refractivity contribution is 0.284. The van der Waals surface area contributed by atoms with Gasteiger partial charge < -0.3 is 14.0 Å². The lowest BCUT2D eigenvalue weighted by atomic mass is 10.2. The number of pyridine rings is 1. The third-order valence-electron chi connectivity index (χ3n) is 3.93. The first-order valence-corrected chi connectivity index (χ1v) is 7.46. The largest absolute Gasteiger partial charge is 0.496 e. The van der Waals surface area contributed by atoms with Gasteiger partial charge in [-0.05, 0) is 31.0 Å². The van der Waals surface area contributed by atoms with E-state index in [-0.39, 0.29) is 12.4 Å². The Hall–Kier alpha value is -2.63. The first kappa shape index (κ1) is 14.0. The average Bonchev–Trinajstić information content (AvgIpc) is 3.33. The van der Waals surface area contributed by atoms with Crippen molar-refractivity contribution in [2.24, 2.45) is 0 Å². The predicted octanol–water partition coefficient (Wildman–Crippen LogP) is 3.83. The molecule has 0 amide bonds. The summed E-state index contributed by atoms with van der Waals surface area (Å²) in [5.74, 6) is 1.04. The monoisotopic (exact) mass is 314 g/mol. The van der Waals surface area contributed by atoms with E-state index in [2.05, 4.69) is 10.1 Å². The van der Waals surface area contributed by atoms with Crippen LogP contribution in [-0.4, -0.2) is 17.3 Å². The molecule has 1 aliphatic rings. The minimum atomic E-state index is -0.348. The molecule has 0 unspecified atom stereocenters. The molecule has 0 radical (unpaired) electrons. The summed E-state index contributed by atoms with van der Waals surface area (Å²) in [5.41, 5.74) is 2.21. The van der Waals surface area contributed by atoms with Crippen molar-refractivity contribution in [2.45, 2.75) is 25.4 Å². The van der Waals surface area contributed by atoms with Gasteiger partial charge in [-0.1, -0.05) is 5.16 Å². The van der Waals surface area contributed by atoms with Gasteiger partial charge in [0.15, 0.2) is 0 Å². The van der Waals surface area contributed by atoms with Crippen LogP contribution in [0.1, 0.15) is 30.0 Å². The molecule has 0 spiro atoms. The molecular formula is C17H15FN2O3. The number of aromatic nitrogens is 2. The van der Waals surface area contributed by atoms with Crippen molar-refractivity contribution in [3.8, 4) is 11.6 Å². The van der Waals surface area contributed by atoms with E-state index < -0.39 is 0 Å². The Bertz CT molecular complexity index is 858. The third-order valence-corrected chi connectivity index (χ3v) is 3.93. The Balaban J connectivity index is 1.54. The molecular weight excluding hydrogens is 299 g/mol. The topological polar surface area (TPSA) is 57.4 Å². The van der Waals surface area contributed by atoms with Crippen molar-refractivity contribution in [2.75, 3.05) is 7.11 Å². The highest BCUT2D eigenvalue weighted by Crippen LogP contribution is 2.42. The van der Waals surface area contributed by atoms with Gasteiger partial charge in [0.25, 0.3) is 5.71 Å². The van der Waals surface area contributed by atoms with Crippen molar-refractivity contribution in [3.05, 3.63) is 47.4 Å². The maximum Gasteiger partial charge on any atom is 0.261 e. The average molecular weight is 314 g/mol. The Kier molecular flexibility index (Phi) is 3.37. The number of hydrogen-bond donors (Lipinski definition) is 0. The van der Waals surface area contributed by atoms with E-state index in [0.29, 0.717) is 23.3 Å². The molecule has 2 heterocycles. The van der Waals surface area contributed by atoms with Crippen LogP contribution in [0, 0.1) is 5.82 Å². The summed E-state index contributed by atoms with van der Waals surface area (Å²) >= 11 is 0. The van der Waals surface area contributed by atoms with Crippen LogP contribution in [0.2, 0.25) is 0 Å². The minimum Gasteiger partial charge on any atom is -0.496 e. The maximum absolute atomic E-state index is 13.2. The SMILES string of the molecule is COc1cc(F)ccc1COc1ccc2c(C3CC3)noc2n1. The summed E-state index contributed by atoms with van der Waals surface area (Å²) in [7, 11) is 1.50. The molecule has 1 aliphatic carbocycles. The van der Waals surface area contributed by atoms with Gasteiger partial charge in [-0.3, -0.25) is 0 Å². The first-order valence-electron chi connectivity index (χ1n) is 7.46. The second-order valence-corrected chi connectivity index (χ2v) is 5.59. The number of fused-ring (bicyclic) bond motifs is 1. The van der Waals surface area contributed by atoms with Gasteiger partial charge in [0.1, 0.15) is 18.2 Å². The highest BCUT2D eigenvalue weighted by atomic mass is 19.1. The molecule has 23 heavy (non-hydrogen) atoms. The Morgan fingerprint density at radius 2 is 2.13 bits per heavy atom. The first-order chi connectivity index (χ1) is 11.2. The molecule has 0 atom stereocenters. The number of rotatable bonds is 5. The second-order valence-electron chi connectivity index (χ2n) is 5.59. The van der Waals surface area contributed by atoms with E-state index in [4.69, 9.17) is 14.0 Å². The van der Waals surface area contributed by atoms with Crippen LogP contribution in [0.4, 0.5) is 4.39 Å². The summed E-state index contributed by atoms with van der Waals surface area (Å²) < 4.78 is 29.3. The molecule has 0 bridgehead atoms. The van der Waals surface area contributed by atoms with Gasteiger partial charge in [-0.2, -0.15) is 4.98 Å². The number of ether oxygens (including phenoxy) is 2. The summed E-state index contributed by atoms with van der Waals surface area (Å²) in [6.45, 7) is 0.228. The molecule has 4 rings (SSSR count). The zero-order valence-corrected chi connectivity index (χ0v) is 12.6. The fraction of sp³-hybridized carbons (Fsp3) is 0.294. The van der Waals surface area contributed by atoms with E-state index >= 15 is 0 Å². The summed E-state index contributed by atoms with van der Waals surface area (Å²) in [4.78, 5) is 4.33. The molecule has 2 aromatic heterocycles. The van der Waals surface area contributed by atoms with Gasteiger partial charge >= 0.3 is 0 Å². The van der Waals surface area contributed by atoms with Gasteiger partial charge in [0, 0.05) is 23.6 Å². The van der Waals surface area contributed by atoms with Gasteiger partial charge in [0.2, 0.25) is 5.88 Å². The van der Waals surface area contributed by atoms with E-state index in [1.165, 1.54) is 19.2 Å². The molecule has 0 N–H and O–H groups in total. The van der Waals surface area contributed by atoms with Crippen molar-refractivity contribution < 1.29 is 18.4 Å². The Labute approximate surface area is 132 Å². The van der Waals surface area contributed by atoms with Crippen LogP contribution in [0.3, 0.4) is 0 Å². The van der Waals surface area contributed by atoms with E-state index in [0.717, 1.165) is 29.5 Å². The molecule has 6 heteroatoms. The molecule has 0 saturated heterocycles. The number of halogens is 1. The number of nitrogens with zero attached hydrogens (tertiary/aromatic N) is 2. The van der Waals surface area contributed by atoms with Crippen LogP contribution >= 0.6 is 0 Å². The standard InChI is InChI=1S/C17H15FN2O3/c1-21-14-8-12(18)5-4-11(14)9-22-15-7-6-13-16(10-2-3-10)20-23-17(13)19-15/h4-8,10H,2-3,9H2,1H3. The van der Waals surface area contributed by atoms with Crippen LogP contribution in [0.5, 0.6) is 11.6 Å². The second kappa shape index (κ2) is 5.53. The third kappa shape index (κ3) is 2.72. The molecule has 1 aromatic carbocycles. The highest BCUT2D eigenvalue weighted by molar-refractivity contribution is 5.77. The lowest BCUT2D eigenvalue weighted by Gasteiger charge is -2.09. The summed E-state index contributed by atoms with van der Waals surface area (Å²) in [5, 5.41) is 5.04. The van der Waals surface area contributed by atoms with E-state index in [9.17, 15) is 4.39 Å². The zero-order valence-electron chi connectivity index (χ0n) is 12.6. The summed E-state index contributed by atoms with van der Waals surface area (Å²) in [6.07, 6.45) is 2.31. The zero-order chi connectivity index (χ0) is 15.8. The quantitative estimate of drug-likeness (QED) is 0.716. The van der Waals surface area contributed by atoms with Crippen molar-refractivity contribution >= 4 is 11.1 Å². The predicted molar refractivity (Wildman–Crippen MR) is 81.1 cm³/mol. The van der Waals surface area contributed by atoms with Crippen LogP contribution in [0.15, 0.2) is 34.9 Å². The molecule has 118 valence electrons. The number of methoxy groups -OCH3 is 1. The Morgan fingerprint density at radius 3 is 2.91 bits per heavy atom. The molecule has 0 aliphatic heterocycles. The summed E-state index contributed by atoms with van der Waals surface area (Å²) in [6, 6.07) is 8.04. The number of hydrogen-bond acceptors (Lipinski definition) is 5. The minimum absolute atomic E-state index is 0.228. The molecule has 1 fully saturated rings. The van der Waals surface area contributed by atoms with Gasteiger partial charge in [-0.15, -0.1) is 0 Å². The van der Waals surface area contributed by atoms with Gasteiger partial charge in [-0.25, -0.2) is 4.39 Å². The van der Waals surface area contributed by atoms with Crippen molar-refractivity contribution in [1.82, 2.24) is 10.1 Å². The Morgan fingerprint density at radius 1 is 1.26 bits per heavy atom. The van der Waals surface area contributed by atoms with E-state index in [1.807, 2.05) is 6.07 Å². The fourth-order valence-electron chi connectivity index (χ4n) is 2.55. The number of benzene rings is 1. The lowest BCUT2D eigenvalue weighted by Crippen LogP contribution is -2.00.